The smallest absolute Gasteiger partial charge is 0.335 e. The third kappa shape index (κ3) is 4.57. The number of hydrogen-bond donors (Lipinski definition) is 1. The maximum atomic E-state index is 12.9. The van der Waals surface area contributed by atoms with Gasteiger partial charge >= 0.3 is 5.97 Å². The van der Waals surface area contributed by atoms with E-state index in [1.54, 1.807) is 12.1 Å². The van der Waals surface area contributed by atoms with Crippen molar-refractivity contribution in [3.8, 4) is 0 Å². The molecule has 0 aromatic heterocycles. The van der Waals surface area contributed by atoms with Crippen molar-refractivity contribution in [2.45, 2.75) is 32.5 Å². The number of carbonyl (C=O) groups is 2. The Labute approximate surface area is 167 Å². The molecule has 2 aromatic rings. The average Bonchev–Trinajstić information content (AvgIpc) is 2.62. The Morgan fingerprint density at radius 2 is 1.48 bits per heavy atom. The second-order valence-corrected chi connectivity index (χ2v) is 8.03. The molecule has 2 aromatic carbocycles. The van der Waals surface area contributed by atoms with Crippen molar-refractivity contribution in [1.29, 1.82) is 0 Å². The molecule has 0 radical (unpaired) electrons. The number of rotatable bonds is 4. The van der Waals surface area contributed by atoms with Crippen molar-refractivity contribution in [1.82, 2.24) is 9.80 Å². The first-order valence-electron chi connectivity index (χ1n) is 8.98. The van der Waals surface area contributed by atoms with E-state index in [2.05, 4.69) is 34.7 Å². The molecule has 0 aliphatic carbocycles. The lowest BCUT2D eigenvalue weighted by Gasteiger charge is -2.44. The van der Waals surface area contributed by atoms with Gasteiger partial charge in [-0.05, 0) is 55.8 Å². The SMILES string of the molecule is C[C@@H]1CN(Cc2ccc(C(=O)O)cc2)C[C@H](C)N1C(=O)c1ccc(Br)cc1. The van der Waals surface area contributed by atoms with E-state index in [9.17, 15) is 9.59 Å². The van der Waals surface area contributed by atoms with E-state index in [4.69, 9.17) is 5.11 Å². The Balaban J connectivity index is 1.66. The molecule has 27 heavy (non-hydrogen) atoms. The number of hydrogen-bond acceptors (Lipinski definition) is 3. The van der Waals surface area contributed by atoms with Gasteiger partial charge in [0.2, 0.25) is 0 Å². The summed E-state index contributed by atoms with van der Waals surface area (Å²) in [4.78, 5) is 28.2. The van der Waals surface area contributed by atoms with Crippen LogP contribution >= 0.6 is 15.9 Å². The first kappa shape index (κ1) is 19.6. The van der Waals surface area contributed by atoms with Crippen LogP contribution in [0, 0.1) is 0 Å². The van der Waals surface area contributed by atoms with Gasteiger partial charge in [-0.3, -0.25) is 9.69 Å². The maximum Gasteiger partial charge on any atom is 0.335 e. The van der Waals surface area contributed by atoms with E-state index in [0.717, 1.165) is 29.7 Å². The fourth-order valence-electron chi connectivity index (χ4n) is 3.71. The van der Waals surface area contributed by atoms with E-state index < -0.39 is 5.97 Å². The highest BCUT2D eigenvalue weighted by molar-refractivity contribution is 9.10. The van der Waals surface area contributed by atoms with Crippen molar-refractivity contribution in [2.75, 3.05) is 13.1 Å². The van der Waals surface area contributed by atoms with Crippen LogP contribution < -0.4 is 0 Å². The zero-order valence-corrected chi connectivity index (χ0v) is 17.0. The molecule has 1 N–H and O–H groups in total. The highest BCUT2D eigenvalue weighted by atomic mass is 79.9. The number of piperazine rings is 1. The molecule has 1 saturated heterocycles. The van der Waals surface area contributed by atoms with E-state index in [1.165, 1.54) is 0 Å². The number of nitrogens with zero attached hydrogens (tertiary/aromatic N) is 2. The van der Waals surface area contributed by atoms with Crippen LogP contribution in [0.2, 0.25) is 0 Å². The highest BCUT2D eigenvalue weighted by Gasteiger charge is 2.33. The summed E-state index contributed by atoms with van der Waals surface area (Å²) in [5.74, 6) is -0.850. The molecule has 0 spiro atoms. The first-order chi connectivity index (χ1) is 12.8. The summed E-state index contributed by atoms with van der Waals surface area (Å²) in [7, 11) is 0. The molecular formula is C21H23BrN2O3. The van der Waals surface area contributed by atoms with Crippen molar-refractivity contribution >= 4 is 27.8 Å². The lowest BCUT2D eigenvalue weighted by atomic mass is 10.0. The Bertz CT molecular complexity index is 808. The van der Waals surface area contributed by atoms with Crippen LogP contribution in [0.5, 0.6) is 0 Å². The monoisotopic (exact) mass is 430 g/mol. The molecule has 0 unspecified atom stereocenters. The lowest BCUT2D eigenvalue weighted by Crippen LogP contribution is -2.58. The molecule has 1 fully saturated rings. The van der Waals surface area contributed by atoms with Gasteiger partial charge in [0.1, 0.15) is 0 Å². The predicted molar refractivity (Wildman–Crippen MR) is 108 cm³/mol. The summed E-state index contributed by atoms with van der Waals surface area (Å²) in [5, 5.41) is 9.01. The van der Waals surface area contributed by atoms with Gasteiger partial charge in [-0.25, -0.2) is 4.79 Å². The minimum absolute atomic E-state index is 0.0629. The number of carboxylic acid groups (broad SMARTS) is 1. The normalized spacial score (nSPS) is 20.5. The molecule has 2 atom stereocenters. The summed E-state index contributed by atoms with van der Waals surface area (Å²) < 4.78 is 0.957. The van der Waals surface area contributed by atoms with Crippen molar-refractivity contribution in [2.24, 2.45) is 0 Å². The molecule has 0 bridgehead atoms. The fourth-order valence-corrected chi connectivity index (χ4v) is 3.98. The number of carbonyl (C=O) groups excluding carboxylic acids is 1. The Morgan fingerprint density at radius 3 is 2.00 bits per heavy atom. The standard InChI is InChI=1S/C21H23BrN2O3/c1-14-11-23(13-16-3-5-18(6-4-16)21(26)27)12-15(2)24(14)20(25)17-7-9-19(22)10-8-17/h3-10,14-15H,11-13H2,1-2H3,(H,26,27)/t14-,15+. The highest BCUT2D eigenvalue weighted by Crippen LogP contribution is 2.22. The van der Waals surface area contributed by atoms with Gasteiger partial charge < -0.3 is 10.0 Å². The molecular weight excluding hydrogens is 408 g/mol. The topological polar surface area (TPSA) is 60.9 Å². The summed E-state index contributed by atoms with van der Waals surface area (Å²) >= 11 is 3.40. The van der Waals surface area contributed by atoms with Crippen LogP contribution in [0.4, 0.5) is 0 Å². The van der Waals surface area contributed by atoms with Gasteiger partial charge in [0.05, 0.1) is 5.56 Å². The Morgan fingerprint density at radius 1 is 0.963 bits per heavy atom. The van der Waals surface area contributed by atoms with Crippen LogP contribution in [0.15, 0.2) is 53.0 Å². The maximum absolute atomic E-state index is 12.9. The molecule has 1 amide bonds. The lowest BCUT2D eigenvalue weighted by molar-refractivity contribution is 0.0268. The van der Waals surface area contributed by atoms with Crippen molar-refractivity contribution in [3.63, 3.8) is 0 Å². The third-order valence-electron chi connectivity index (χ3n) is 4.93. The quantitative estimate of drug-likeness (QED) is 0.798. The van der Waals surface area contributed by atoms with E-state index in [1.807, 2.05) is 41.3 Å². The van der Waals surface area contributed by atoms with Gasteiger partial charge in [0, 0.05) is 41.8 Å². The van der Waals surface area contributed by atoms with Crippen LogP contribution in [-0.2, 0) is 6.54 Å². The van der Waals surface area contributed by atoms with Gasteiger partial charge in [0.15, 0.2) is 0 Å². The second kappa shape index (κ2) is 8.23. The van der Waals surface area contributed by atoms with Crippen LogP contribution in [0.3, 0.4) is 0 Å². The van der Waals surface area contributed by atoms with Gasteiger partial charge in [-0.15, -0.1) is 0 Å². The summed E-state index contributed by atoms with van der Waals surface area (Å²) in [6.07, 6.45) is 0. The number of halogens is 1. The van der Waals surface area contributed by atoms with Gasteiger partial charge in [-0.1, -0.05) is 28.1 Å². The Hall–Kier alpha value is -2.18. The van der Waals surface area contributed by atoms with Crippen LogP contribution in [0.1, 0.15) is 40.1 Å². The summed E-state index contributed by atoms with van der Waals surface area (Å²) in [5.41, 5.74) is 2.08. The third-order valence-corrected chi connectivity index (χ3v) is 5.46. The van der Waals surface area contributed by atoms with Crippen LogP contribution in [-0.4, -0.2) is 52.0 Å². The number of aromatic carboxylic acids is 1. The van der Waals surface area contributed by atoms with Crippen molar-refractivity contribution < 1.29 is 14.7 Å². The minimum Gasteiger partial charge on any atom is -0.478 e. The molecule has 0 saturated carbocycles. The molecule has 5 nitrogen and oxygen atoms in total. The molecule has 1 aliphatic heterocycles. The zero-order valence-electron chi connectivity index (χ0n) is 15.4. The average molecular weight is 431 g/mol. The second-order valence-electron chi connectivity index (χ2n) is 7.11. The summed E-state index contributed by atoms with van der Waals surface area (Å²) in [6.45, 7) is 6.47. The number of amides is 1. The molecule has 1 heterocycles. The molecule has 1 aliphatic rings. The molecule has 6 heteroatoms. The van der Waals surface area contributed by atoms with Gasteiger partial charge in [0.25, 0.3) is 5.91 Å². The van der Waals surface area contributed by atoms with Gasteiger partial charge in [-0.2, -0.15) is 0 Å². The number of carboxylic acids is 1. The van der Waals surface area contributed by atoms with E-state index >= 15 is 0 Å². The predicted octanol–water partition coefficient (Wildman–Crippen LogP) is 3.88. The number of benzene rings is 2. The van der Waals surface area contributed by atoms with E-state index in [0.29, 0.717) is 11.1 Å². The van der Waals surface area contributed by atoms with Crippen molar-refractivity contribution in [3.05, 3.63) is 69.7 Å². The largest absolute Gasteiger partial charge is 0.478 e. The fraction of sp³-hybridized carbons (Fsp3) is 0.333. The zero-order chi connectivity index (χ0) is 19.6. The molecule has 142 valence electrons. The van der Waals surface area contributed by atoms with Crippen LogP contribution in [0.25, 0.3) is 0 Å². The Kier molecular flexibility index (Phi) is 5.97. The minimum atomic E-state index is -0.913. The summed E-state index contributed by atoms with van der Waals surface area (Å²) in [6, 6.07) is 14.7. The first-order valence-corrected chi connectivity index (χ1v) is 9.77. The molecule has 3 rings (SSSR count). The van der Waals surface area contributed by atoms with E-state index in [-0.39, 0.29) is 18.0 Å².